The summed E-state index contributed by atoms with van der Waals surface area (Å²) in [5, 5.41) is 6.43. The highest BCUT2D eigenvalue weighted by molar-refractivity contribution is 5.86. The van der Waals surface area contributed by atoms with Crippen molar-refractivity contribution in [3.63, 3.8) is 0 Å². The minimum absolute atomic E-state index is 0.125. The molecule has 1 amide bonds. The molecule has 2 heterocycles. The van der Waals surface area contributed by atoms with Crippen LogP contribution in [0, 0.1) is 0 Å². The van der Waals surface area contributed by atoms with E-state index in [1.54, 1.807) is 4.90 Å². The molecule has 1 aliphatic heterocycles. The molecule has 2 N–H and O–H groups in total. The first-order valence-electron chi connectivity index (χ1n) is 7.15. The van der Waals surface area contributed by atoms with Gasteiger partial charge < -0.3 is 15.5 Å². The Morgan fingerprint density at radius 2 is 2.10 bits per heavy atom. The number of likely N-dealkylation sites (N-methyl/N-ethyl adjacent to an activating group) is 1. The molecule has 1 aliphatic rings. The molecular weight excluding hydrogens is 254 g/mol. The molecule has 110 valence electrons. The van der Waals surface area contributed by atoms with E-state index in [1.165, 1.54) is 0 Å². The van der Waals surface area contributed by atoms with Gasteiger partial charge in [0.2, 0.25) is 5.91 Å². The molecule has 2 rings (SSSR count). The Morgan fingerprint density at radius 1 is 1.40 bits per heavy atom. The monoisotopic (exact) mass is 277 g/mol. The Balaban J connectivity index is 2.20. The van der Waals surface area contributed by atoms with Gasteiger partial charge in [-0.1, -0.05) is 13.8 Å². The number of hydrogen-bond acceptors (Lipinski definition) is 5. The summed E-state index contributed by atoms with van der Waals surface area (Å²) in [5.41, 5.74) is 0. The highest BCUT2D eigenvalue weighted by atomic mass is 16.2. The van der Waals surface area contributed by atoms with E-state index < -0.39 is 0 Å². The lowest BCUT2D eigenvalue weighted by Crippen LogP contribution is -2.31. The quantitative estimate of drug-likeness (QED) is 0.857. The van der Waals surface area contributed by atoms with Crippen LogP contribution in [0.25, 0.3) is 0 Å². The van der Waals surface area contributed by atoms with Crippen molar-refractivity contribution in [3.8, 4) is 0 Å². The summed E-state index contributed by atoms with van der Waals surface area (Å²) in [6.07, 6.45) is 0.812. The summed E-state index contributed by atoms with van der Waals surface area (Å²) >= 11 is 0. The average molecular weight is 277 g/mol. The zero-order chi connectivity index (χ0) is 14.7. The van der Waals surface area contributed by atoms with Crippen LogP contribution < -0.4 is 10.6 Å². The zero-order valence-corrected chi connectivity index (χ0v) is 12.6. The van der Waals surface area contributed by atoms with E-state index in [4.69, 9.17) is 0 Å². The van der Waals surface area contributed by atoms with Crippen LogP contribution in [0.1, 0.15) is 38.9 Å². The summed E-state index contributed by atoms with van der Waals surface area (Å²) < 4.78 is 0. The van der Waals surface area contributed by atoms with Crippen LogP contribution in [-0.2, 0) is 4.79 Å². The molecule has 0 aromatic carbocycles. The van der Waals surface area contributed by atoms with Crippen molar-refractivity contribution >= 4 is 17.5 Å². The number of nitrogens with one attached hydrogen (secondary N) is 2. The molecule has 1 fully saturated rings. The number of hydrogen-bond donors (Lipinski definition) is 2. The lowest BCUT2D eigenvalue weighted by molar-refractivity contribution is -0.127. The summed E-state index contributed by atoms with van der Waals surface area (Å²) in [4.78, 5) is 22.7. The van der Waals surface area contributed by atoms with Gasteiger partial charge in [0.25, 0.3) is 0 Å². The van der Waals surface area contributed by atoms with Crippen LogP contribution >= 0.6 is 0 Å². The lowest BCUT2D eigenvalue weighted by atomic mass is 10.2. The number of anilines is 2. The molecule has 1 saturated heterocycles. The fraction of sp³-hybridized carbons (Fsp3) is 0.643. The van der Waals surface area contributed by atoms with Crippen LogP contribution in [0.2, 0.25) is 0 Å². The van der Waals surface area contributed by atoms with Crippen molar-refractivity contribution < 1.29 is 4.79 Å². The Kier molecular flexibility index (Phi) is 4.42. The maximum Gasteiger partial charge on any atom is 0.244 e. The van der Waals surface area contributed by atoms with Crippen molar-refractivity contribution in [3.05, 3.63) is 11.9 Å². The number of carbonyl (C=O) groups excluding carboxylic acids is 1. The predicted octanol–water partition coefficient (Wildman–Crippen LogP) is 1.67. The van der Waals surface area contributed by atoms with Crippen LogP contribution in [0.5, 0.6) is 0 Å². The topological polar surface area (TPSA) is 70.2 Å². The Bertz CT molecular complexity index is 488. The van der Waals surface area contributed by atoms with E-state index in [1.807, 2.05) is 20.0 Å². The minimum Gasteiger partial charge on any atom is -0.370 e. The molecule has 1 aromatic rings. The molecule has 0 bridgehead atoms. The van der Waals surface area contributed by atoms with Gasteiger partial charge in [0, 0.05) is 32.1 Å². The number of carbonyl (C=O) groups is 1. The van der Waals surface area contributed by atoms with Gasteiger partial charge in [-0.15, -0.1) is 0 Å². The minimum atomic E-state index is -0.176. The molecular formula is C14H23N5O. The van der Waals surface area contributed by atoms with E-state index in [9.17, 15) is 4.79 Å². The molecule has 0 spiro atoms. The first-order chi connectivity index (χ1) is 9.51. The maximum absolute atomic E-state index is 11.9. The zero-order valence-electron chi connectivity index (χ0n) is 12.6. The van der Waals surface area contributed by atoms with Gasteiger partial charge in [0.15, 0.2) is 0 Å². The SMILES string of the molecule is CCNc1cc(NC2CCN(C)C2=O)nc(C(C)C)n1. The predicted molar refractivity (Wildman–Crippen MR) is 79.9 cm³/mol. The van der Waals surface area contributed by atoms with Gasteiger partial charge in [0.05, 0.1) is 0 Å². The van der Waals surface area contributed by atoms with E-state index in [2.05, 4.69) is 34.4 Å². The summed E-state index contributed by atoms with van der Waals surface area (Å²) in [7, 11) is 1.83. The number of amides is 1. The molecule has 0 aliphatic carbocycles. The van der Waals surface area contributed by atoms with Gasteiger partial charge in [-0.3, -0.25) is 4.79 Å². The summed E-state index contributed by atoms with van der Waals surface area (Å²) in [5.74, 6) is 2.67. The highest BCUT2D eigenvalue weighted by Crippen LogP contribution is 2.20. The maximum atomic E-state index is 11.9. The Labute approximate surface area is 120 Å². The number of rotatable bonds is 5. The first kappa shape index (κ1) is 14.6. The molecule has 1 aromatic heterocycles. The second kappa shape index (κ2) is 6.07. The van der Waals surface area contributed by atoms with Crippen LogP contribution in [0.3, 0.4) is 0 Å². The molecule has 1 unspecified atom stereocenters. The average Bonchev–Trinajstić information content (AvgIpc) is 2.71. The molecule has 6 heteroatoms. The van der Waals surface area contributed by atoms with Gasteiger partial charge in [-0.2, -0.15) is 0 Å². The van der Waals surface area contributed by atoms with E-state index >= 15 is 0 Å². The Morgan fingerprint density at radius 3 is 2.65 bits per heavy atom. The van der Waals surface area contributed by atoms with Gasteiger partial charge in [0.1, 0.15) is 23.5 Å². The van der Waals surface area contributed by atoms with Gasteiger partial charge >= 0.3 is 0 Å². The summed E-state index contributed by atoms with van der Waals surface area (Å²) in [6.45, 7) is 7.74. The van der Waals surface area contributed by atoms with Crippen LogP contribution in [-0.4, -0.2) is 47.0 Å². The number of nitrogens with zero attached hydrogens (tertiary/aromatic N) is 3. The number of aromatic nitrogens is 2. The smallest absolute Gasteiger partial charge is 0.244 e. The highest BCUT2D eigenvalue weighted by Gasteiger charge is 2.29. The van der Waals surface area contributed by atoms with Crippen molar-refractivity contribution in [1.29, 1.82) is 0 Å². The van der Waals surface area contributed by atoms with E-state index in [0.29, 0.717) is 5.82 Å². The van der Waals surface area contributed by atoms with Crippen LogP contribution in [0.4, 0.5) is 11.6 Å². The van der Waals surface area contributed by atoms with Crippen molar-refractivity contribution in [2.24, 2.45) is 0 Å². The molecule has 1 atom stereocenters. The van der Waals surface area contributed by atoms with Crippen LogP contribution in [0.15, 0.2) is 6.07 Å². The van der Waals surface area contributed by atoms with Gasteiger partial charge in [-0.05, 0) is 13.3 Å². The van der Waals surface area contributed by atoms with Crippen molar-refractivity contribution in [2.45, 2.75) is 39.2 Å². The van der Waals surface area contributed by atoms with Crippen molar-refractivity contribution in [2.75, 3.05) is 30.8 Å². The third-order valence-electron chi connectivity index (χ3n) is 3.37. The molecule has 6 nitrogen and oxygen atoms in total. The van der Waals surface area contributed by atoms with E-state index in [0.717, 1.165) is 31.2 Å². The number of likely N-dealkylation sites (tertiary alicyclic amines) is 1. The third-order valence-corrected chi connectivity index (χ3v) is 3.37. The third kappa shape index (κ3) is 3.18. The Hall–Kier alpha value is -1.85. The fourth-order valence-corrected chi connectivity index (χ4v) is 2.20. The van der Waals surface area contributed by atoms with Crippen molar-refractivity contribution in [1.82, 2.24) is 14.9 Å². The van der Waals surface area contributed by atoms with E-state index in [-0.39, 0.29) is 17.9 Å². The van der Waals surface area contributed by atoms with Gasteiger partial charge in [-0.25, -0.2) is 9.97 Å². The summed E-state index contributed by atoms with van der Waals surface area (Å²) in [6, 6.07) is 1.69. The standard InChI is InChI=1S/C14H23N5O/c1-5-15-11-8-12(18-13(17-11)9(2)3)16-10-6-7-19(4)14(10)20/h8-10H,5-7H2,1-4H3,(H2,15,16,17,18). The molecule has 0 radical (unpaired) electrons. The lowest BCUT2D eigenvalue weighted by Gasteiger charge is -2.15. The first-order valence-corrected chi connectivity index (χ1v) is 7.15. The molecule has 0 saturated carbocycles. The largest absolute Gasteiger partial charge is 0.370 e. The fourth-order valence-electron chi connectivity index (χ4n) is 2.20. The second-order valence-corrected chi connectivity index (χ2v) is 5.43. The molecule has 20 heavy (non-hydrogen) atoms. The normalized spacial score (nSPS) is 18.8. The second-order valence-electron chi connectivity index (χ2n) is 5.43.